The van der Waals surface area contributed by atoms with Crippen LogP contribution in [-0.4, -0.2) is 21.1 Å². The molecule has 0 aliphatic heterocycles. The maximum atomic E-state index is 11.3. The van der Waals surface area contributed by atoms with E-state index in [0.29, 0.717) is 24.7 Å². The summed E-state index contributed by atoms with van der Waals surface area (Å²) in [7, 11) is 0. The summed E-state index contributed by atoms with van der Waals surface area (Å²) in [5.41, 5.74) is 0. The molecule has 1 aliphatic rings. The summed E-state index contributed by atoms with van der Waals surface area (Å²) in [6, 6.07) is 0. The first-order valence-electron chi connectivity index (χ1n) is 4.88. The Labute approximate surface area is 82.3 Å². The summed E-state index contributed by atoms with van der Waals surface area (Å²) in [5.74, 6) is 2.15. The third-order valence-corrected chi connectivity index (χ3v) is 2.26. The second-order valence-electron chi connectivity index (χ2n) is 3.76. The highest BCUT2D eigenvalue weighted by Crippen LogP contribution is 2.32. The first kappa shape index (κ1) is 9.18. The minimum atomic E-state index is 0.106. The van der Waals surface area contributed by atoms with Gasteiger partial charge in [0, 0.05) is 6.42 Å². The third kappa shape index (κ3) is 2.55. The molecule has 5 heteroatoms. The number of aromatic amines is 1. The Hall–Kier alpha value is -1.39. The van der Waals surface area contributed by atoms with Gasteiger partial charge in [-0.15, -0.1) is 0 Å². The van der Waals surface area contributed by atoms with E-state index < -0.39 is 0 Å². The first-order valence-corrected chi connectivity index (χ1v) is 4.88. The standard InChI is InChI=1S/C9H14N4O/c1-6-11-8(13-12-6)5-10-9(14)4-7-2-3-7/h7H,2-5H2,1H3,(H,10,14)(H,11,12,13). The average molecular weight is 194 g/mol. The van der Waals surface area contributed by atoms with Crippen molar-refractivity contribution in [2.24, 2.45) is 5.92 Å². The number of aromatic nitrogens is 3. The van der Waals surface area contributed by atoms with Crippen molar-refractivity contribution < 1.29 is 4.79 Å². The van der Waals surface area contributed by atoms with E-state index in [4.69, 9.17) is 0 Å². The zero-order valence-corrected chi connectivity index (χ0v) is 8.21. The molecule has 1 aliphatic carbocycles. The van der Waals surface area contributed by atoms with Crippen molar-refractivity contribution in [3.05, 3.63) is 11.6 Å². The third-order valence-electron chi connectivity index (χ3n) is 2.26. The minimum absolute atomic E-state index is 0.106. The highest BCUT2D eigenvalue weighted by Gasteiger charge is 2.24. The molecule has 1 aromatic heterocycles. The van der Waals surface area contributed by atoms with E-state index in [9.17, 15) is 4.79 Å². The fraction of sp³-hybridized carbons (Fsp3) is 0.667. The number of aryl methyl sites for hydroxylation is 1. The molecule has 0 bridgehead atoms. The molecule has 0 aromatic carbocycles. The van der Waals surface area contributed by atoms with Gasteiger partial charge in [0.05, 0.1) is 6.54 Å². The number of H-pyrrole nitrogens is 1. The van der Waals surface area contributed by atoms with Gasteiger partial charge in [-0.2, -0.15) is 5.10 Å². The molecule has 76 valence electrons. The first-order chi connectivity index (χ1) is 6.74. The van der Waals surface area contributed by atoms with Crippen LogP contribution in [-0.2, 0) is 11.3 Å². The predicted octanol–water partition coefficient (Wildman–Crippen LogP) is 0.529. The zero-order chi connectivity index (χ0) is 9.97. The lowest BCUT2D eigenvalue weighted by molar-refractivity contribution is -0.121. The molecule has 1 saturated carbocycles. The molecule has 2 rings (SSSR count). The Kier molecular flexibility index (Phi) is 2.47. The van der Waals surface area contributed by atoms with Gasteiger partial charge in [-0.05, 0) is 25.7 Å². The largest absolute Gasteiger partial charge is 0.349 e. The van der Waals surface area contributed by atoms with Crippen LogP contribution in [0.1, 0.15) is 30.9 Å². The Morgan fingerprint density at radius 2 is 2.43 bits per heavy atom. The second-order valence-corrected chi connectivity index (χ2v) is 3.76. The Balaban J connectivity index is 1.73. The van der Waals surface area contributed by atoms with Crippen molar-refractivity contribution in [3.8, 4) is 0 Å². The van der Waals surface area contributed by atoms with Crippen LogP contribution in [0.15, 0.2) is 0 Å². The number of nitrogens with zero attached hydrogens (tertiary/aromatic N) is 2. The van der Waals surface area contributed by atoms with E-state index in [1.165, 1.54) is 12.8 Å². The zero-order valence-electron chi connectivity index (χ0n) is 8.21. The molecule has 0 saturated heterocycles. The van der Waals surface area contributed by atoms with E-state index in [-0.39, 0.29) is 5.91 Å². The summed E-state index contributed by atoms with van der Waals surface area (Å²) in [6.45, 7) is 2.26. The molecule has 1 heterocycles. The van der Waals surface area contributed by atoms with E-state index in [0.717, 1.165) is 5.82 Å². The topological polar surface area (TPSA) is 70.7 Å². The molecule has 0 atom stereocenters. The van der Waals surface area contributed by atoms with Crippen LogP contribution in [0.2, 0.25) is 0 Å². The van der Waals surface area contributed by atoms with Gasteiger partial charge < -0.3 is 5.32 Å². The van der Waals surface area contributed by atoms with Crippen molar-refractivity contribution in [3.63, 3.8) is 0 Å². The summed E-state index contributed by atoms with van der Waals surface area (Å²) in [5, 5.41) is 9.46. The molecular formula is C9H14N4O. The molecule has 0 radical (unpaired) electrons. The average Bonchev–Trinajstić information content (AvgIpc) is 2.85. The minimum Gasteiger partial charge on any atom is -0.349 e. The Bertz CT molecular complexity index is 329. The van der Waals surface area contributed by atoms with E-state index in [1.807, 2.05) is 6.92 Å². The van der Waals surface area contributed by atoms with Crippen LogP contribution >= 0.6 is 0 Å². The van der Waals surface area contributed by atoms with Gasteiger partial charge in [-0.1, -0.05) is 0 Å². The molecule has 0 spiro atoms. The lowest BCUT2D eigenvalue weighted by Gasteiger charge is -2.00. The van der Waals surface area contributed by atoms with Crippen LogP contribution < -0.4 is 5.32 Å². The van der Waals surface area contributed by atoms with E-state index in [1.54, 1.807) is 0 Å². The quantitative estimate of drug-likeness (QED) is 0.734. The highest BCUT2D eigenvalue weighted by molar-refractivity contribution is 5.76. The van der Waals surface area contributed by atoms with Crippen molar-refractivity contribution in [1.29, 1.82) is 0 Å². The van der Waals surface area contributed by atoms with Gasteiger partial charge >= 0.3 is 0 Å². The molecular weight excluding hydrogens is 180 g/mol. The van der Waals surface area contributed by atoms with E-state index >= 15 is 0 Å². The number of carbonyl (C=O) groups is 1. The number of amides is 1. The summed E-state index contributed by atoms with van der Waals surface area (Å²) in [4.78, 5) is 15.4. The van der Waals surface area contributed by atoms with Gasteiger partial charge in [0.2, 0.25) is 5.91 Å². The Morgan fingerprint density at radius 3 is 3.00 bits per heavy atom. The molecule has 2 N–H and O–H groups in total. The highest BCUT2D eigenvalue weighted by atomic mass is 16.1. The van der Waals surface area contributed by atoms with Crippen molar-refractivity contribution in [2.75, 3.05) is 0 Å². The van der Waals surface area contributed by atoms with Crippen molar-refractivity contribution in [1.82, 2.24) is 20.5 Å². The van der Waals surface area contributed by atoms with Gasteiger partial charge in [-0.3, -0.25) is 9.89 Å². The van der Waals surface area contributed by atoms with Gasteiger partial charge in [0.15, 0.2) is 5.82 Å². The van der Waals surface area contributed by atoms with Crippen molar-refractivity contribution >= 4 is 5.91 Å². The maximum absolute atomic E-state index is 11.3. The van der Waals surface area contributed by atoms with Crippen LogP contribution in [0.3, 0.4) is 0 Å². The molecule has 5 nitrogen and oxygen atoms in total. The van der Waals surface area contributed by atoms with Gasteiger partial charge in [-0.25, -0.2) is 4.98 Å². The Morgan fingerprint density at radius 1 is 1.64 bits per heavy atom. The SMILES string of the molecule is Cc1nc(CNC(=O)CC2CC2)n[nH]1. The van der Waals surface area contributed by atoms with Crippen molar-refractivity contribution in [2.45, 2.75) is 32.7 Å². The van der Waals surface area contributed by atoms with Crippen LogP contribution in [0, 0.1) is 12.8 Å². The van der Waals surface area contributed by atoms with Crippen LogP contribution in [0.5, 0.6) is 0 Å². The van der Waals surface area contributed by atoms with Crippen LogP contribution in [0.4, 0.5) is 0 Å². The molecule has 1 fully saturated rings. The normalized spacial score (nSPS) is 15.5. The number of nitrogens with one attached hydrogen (secondary N) is 2. The summed E-state index contributed by atoms with van der Waals surface area (Å²) < 4.78 is 0. The summed E-state index contributed by atoms with van der Waals surface area (Å²) in [6.07, 6.45) is 3.06. The summed E-state index contributed by atoms with van der Waals surface area (Å²) >= 11 is 0. The monoisotopic (exact) mass is 194 g/mol. The number of hydrogen-bond donors (Lipinski definition) is 2. The van der Waals surface area contributed by atoms with E-state index in [2.05, 4.69) is 20.5 Å². The molecule has 14 heavy (non-hydrogen) atoms. The fourth-order valence-electron chi connectivity index (χ4n) is 1.30. The van der Waals surface area contributed by atoms with Crippen LogP contribution in [0.25, 0.3) is 0 Å². The molecule has 1 aromatic rings. The van der Waals surface area contributed by atoms with Gasteiger partial charge in [0.25, 0.3) is 0 Å². The van der Waals surface area contributed by atoms with Gasteiger partial charge in [0.1, 0.15) is 5.82 Å². The fourth-order valence-corrected chi connectivity index (χ4v) is 1.30. The lowest BCUT2D eigenvalue weighted by atomic mass is 10.3. The number of hydrogen-bond acceptors (Lipinski definition) is 3. The lowest BCUT2D eigenvalue weighted by Crippen LogP contribution is -2.23. The number of carbonyl (C=O) groups excluding carboxylic acids is 1. The number of rotatable bonds is 4. The second kappa shape index (κ2) is 3.77. The smallest absolute Gasteiger partial charge is 0.220 e. The predicted molar refractivity (Wildman–Crippen MR) is 50.3 cm³/mol. The molecule has 1 amide bonds. The molecule has 0 unspecified atom stereocenters. The maximum Gasteiger partial charge on any atom is 0.220 e.